The van der Waals surface area contributed by atoms with Crippen LogP contribution in [-0.2, 0) is 6.54 Å². The maximum atomic E-state index is 12.0. The largest absolute Gasteiger partial charge is 0.334 e. The standard InChI is InChI=1S/C17H16ClN3OS/c1-10-3-8-14-15(11(10)2)20-17(23-14)21-16(22)19-9-12-4-6-13(18)7-5-12/h3-8H,9H2,1-2H3,(H2,19,20,21,22). The van der Waals surface area contributed by atoms with Crippen LogP contribution in [0.5, 0.6) is 0 Å². The number of carbonyl (C=O) groups is 1. The number of urea groups is 1. The van der Waals surface area contributed by atoms with Gasteiger partial charge in [0.15, 0.2) is 5.13 Å². The van der Waals surface area contributed by atoms with Gasteiger partial charge < -0.3 is 5.32 Å². The van der Waals surface area contributed by atoms with Crippen molar-refractivity contribution in [2.45, 2.75) is 20.4 Å². The van der Waals surface area contributed by atoms with E-state index >= 15 is 0 Å². The van der Waals surface area contributed by atoms with Crippen LogP contribution >= 0.6 is 22.9 Å². The highest BCUT2D eigenvalue weighted by molar-refractivity contribution is 7.22. The molecule has 0 bridgehead atoms. The second-order valence-electron chi connectivity index (χ2n) is 5.31. The molecular weight excluding hydrogens is 330 g/mol. The number of amides is 2. The molecule has 1 heterocycles. The van der Waals surface area contributed by atoms with Gasteiger partial charge in [-0.1, -0.05) is 41.1 Å². The molecule has 0 saturated heterocycles. The molecule has 0 atom stereocenters. The van der Waals surface area contributed by atoms with E-state index in [1.54, 1.807) is 12.1 Å². The molecule has 0 aliphatic heterocycles. The topological polar surface area (TPSA) is 54.0 Å². The van der Waals surface area contributed by atoms with Crippen LogP contribution in [0.4, 0.5) is 9.93 Å². The minimum absolute atomic E-state index is 0.270. The number of nitrogens with one attached hydrogen (secondary N) is 2. The first kappa shape index (κ1) is 15.8. The van der Waals surface area contributed by atoms with Crippen LogP contribution in [0.1, 0.15) is 16.7 Å². The Hall–Kier alpha value is -2.11. The molecule has 0 aliphatic carbocycles. The highest BCUT2D eigenvalue weighted by Crippen LogP contribution is 2.29. The third kappa shape index (κ3) is 3.63. The summed E-state index contributed by atoms with van der Waals surface area (Å²) >= 11 is 7.31. The molecular formula is C17H16ClN3OS. The number of carbonyl (C=O) groups excluding carboxylic acids is 1. The van der Waals surface area contributed by atoms with Crippen LogP contribution in [0.3, 0.4) is 0 Å². The van der Waals surface area contributed by atoms with Gasteiger partial charge in [0.05, 0.1) is 10.2 Å². The molecule has 6 heteroatoms. The number of rotatable bonds is 3. The number of aryl methyl sites for hydroxylation is 2. The predicted octanol–water partition coefficient (Wildman–Crippen LogP) is 4.89. The van der Waals surface area contributed by atoms with Crippen molar-refractivity contribution < 1.29 is 4.79 Å². The monoisotopic (exact) mass is 345 g/mol. The van der Waals surface area contributed by atoms with Gasteiger partial charge in [0.25, 0.3) is 0 Å². The molecule has 3 rings (SSSR count). The molecule has 0 fully saturated rings. The highest BCUT2D eigenvalue weighted by atomic mass is 35.5. The Kier molecular flexibility index (Phi) is 4.50. The third-order valence-corrected chi connectivity index (χ3v) is 4.86. The fraction of sp³-hybridized carbons (Fsp3) is 0.176. The summed E-state index contributed by atoms with van der Waals surface area (Å²) in [5.41, 5.74) is 4.28. The lowest BCUT2D eigenvalue weighted by Gasteiger charge is -2.05. The van der Waals surface area contributed by atoms with Crippen LogP contribution in [0.25, 0.3) is 10.2 Å². The molecule has 0 saturated carbocycles. The van der Waals surface area contributed by atoms with Gasteiger partial charge in [0.1, 0.15) is 0 Å². The molecule has 23 heavy (non-hydrogen) atoms. The van der Waals surface area contributed by atoms with E-state index in [1.165, 1.54) is 16.9 Å². The van der Waals surface area contributed by atoms with E-state index in [1.807, 2.05) is 25.1 Å². The van der Waals surface area contributed by atoms with E-state index in [0.717, 1.165) is 21.3 Å². The Morgan fingerprint density at radius 1 is 1.17 bits per heavy atom. The van der Waals surface area contributed by atoms with Gasteiger partial charge in [-0.15, -0.1) is 0 Å². The van der Waals surface area contributed by atoms with Crippen LogP contribution in [-0.4, -0.2) is 11.0 Å². The normalized spacial score (nSPS) is 10.7. The summed E-state index contributed by atoms with van der Waals surface area (Å²) in [6.07, 6.45) is 0. The number of nitrogens with zero attached hydrogens (tertiary/aromatic N) is 1. The summed E-state index contributed by atoms with van der Waals surface area (Å²) in [7, 11) is 0. The lowest BCUT2D eigenvalue weighted by molar-refractivity contribution is 0.251. The lowest BCUT2D eigenvalue weighted by atomic mass is 10.1. The van der Waals surface area contributed by atoms with Crippen molar-refractivity contribution in [3.63, 3.8) is 0 Å². The summed E-state index contributed by atoms with van der Waals surface area (Å²) < 4.78 is 1.07. The van der Waals surface area contributed by atoms with Crippen LogP contribution in [0, 0.1) is 13.8 Å². The maximum absolute atomic E-state index is 12.0. The maximum Gasteiger partial charge on any atom is 0.321 e. The Morgan fingerprint density at radius 2 is 1.91 bits per heavy atom. The average molecular weight is 346 g/mol. The fourth-order valence-electron chi connectivity index (χ4n) is 2.21. The van der Waals surface area contributed by atoms with Gasteiger partial charge >= 0.3 is 6.03 Å². The predicted molar refractivity (Wildman–Crippen MR) is 96.4 cm³/mol. The minimum Gasteiger partial charge on any atom is -0.334 e. The Morgan fingerprint density at radius 3 is 2.65 bits per heavy atom. The van der Waals surface area contributed by atoms with Crippen LogP contribution in [0.2, 0.25) is 5.02 Å². The molecule has 3 aromatic rings. The molecule has 2 amide bonds. The number of aromatic nitrogens is 1. The Balaban J connectivity index is 1.66. The molecule has 1 aromatic heterocycles. The number of anilines is 1. The smallest absolute Gasteiger partial charge is 0.321 e. The van der Waals surface area contributed by atoms with Crippen molar-refractivity contribution in [3.05, 3.63) is 58.1 Å². The number of hydrogen-bond donors (Lipinski definition) is 2. The van der Waals surface area contributed by atoms with Gasteiger partial charge in [0.2, 0.25) is 0 Å². The second-order valence-corrected chi connectivity index (χ2v) is 6.77. The molecule has 4 nitrogen and oxygen atoms in total. The van der Waals surface area contributed by atoms with E-state index < -0.39 is 0 Å². The van der Waals surface area contributed by atoms with E-state index in [-0.39, 0.29) is 6.03 Å². The van der Waals surface area contributed by atoms with E-state index in [2.05, 4.69) is 28.6 Å². The molecule has 2 N–H and O–H groups in total. The first-order valence-electron chi connectivity index (χ1n) is 7.19. The van der Waals surface area contributed by atoms with E-state index in [0.29, 0.717) is 16.7 Å². The van der Waals surface area contributed by atoms with Crippen molar-refractivity contribution in [1.82, 2.24) is 10.3 Å². The lowest BCUT2D eigenvalue weighted by Crippen LogP contribution is -2.28. The summed E-state index contributed by atoms with van der Waals surface area (Å²) in [6, 6.07) is 11.2. The van der Waals surface area contributed by atoms with Gasteiger partial charge in [-0.3, -0.25) is 5.32 Å². The van der Waals surface area contributed by atoms with Gasteiger partial charge in [-0.05, 0) is 48.7 Å². The quantitative estimate of drug-likeness (QED) is 0.710. The number of benzene rings is 2. The van der Waals surface area contributed by atoms with E-state index in [4.69, 9.17) is 11.6 Å². The molecule has 0 aliphatic rings. The van der Waals surface area contributed by atoms with E-state index in [9.17, 15) is 4.79 Å². The zero-order valence-corrected chi connectivity index (χ0v) is 14.4. The summed E-state index contributed by atoms with van der Waals surface area (Å²) in [5.74, 6) is 0. The average Bonchev–Trinajstić information content (AvgIpc) is 2.94. The third-order valence-electron chi connectivity index (χ3n) is 3.67. The summed E-state index contributed by atoms with van der Waals surface area (Å²) in [4.78, 5) is 16.5. The molecule has 2 aromatic carbocycles. The first-order valence-corrected chi connectivity index (χ1v) is 8.38. The van der Waals surface area contributed by atoms with Gasteiger partial charge in [0, 0.05) is 11.6 Å². The van der Waals surface area contributed by atoms with Crippen LogP contribution < -0.4 is 10.6 Å². The first-order chi connectivity index (χ1) is 11.0. The molecule has 0 radical (unpaired) electrons. The zero-order chi connectivity index (χ0) is 16.4. The van der Waals surface area contributed by atoms with Crippen molar-refractivity contribution in [1.29, 1.82) is 0 Å². The summed E-state index contributed by atoms with van der Waals surface area (Å²) in [6.45, 7) is 4.54. The number of thiazole rings is 1. The Bertz CT molecular complexity index is 858. The molecule has 0 spiro atoms. The molecule has 0 unspecified atom stereocenters. The number of hydrogen-bond acceptors (Lipinski definition) is 3. The van der Waals surface area contributed by atoms with Crippen molar-refractivity contribution >= 4 is 44.3 Å². The minimum atomic E-state index is -0.270. The number of halogens is 1. The van der Waals surface area contributed by atoms with Gasteiger partial charge in [-0.25, -0.2) is 9.78 Å². The fourth-order valence-corrected chi connectivity index (χ4v) is 3.25. The van der Waals surface area contributed by atoms with Crippen molar-refractivity contribution in [2.75, 3.05) is 5.32 Å². The van der Waals surface area contributed by atoms with Crippen LogP contribution in [0.15, 0.2) is 36.4 Å². The van der Waals surface area contributed by atoms with Crippen molar-refractivity contribution in [3.8, 4) is 0 Å². The highest BCUT2D eigenvalue weighted by Gasteiger charge is 2.10. The van der Waals surface area contributed by atoms with Gasteiger partial charge in [-0.2, -0.15) is 0 Å². The second kappa shape index (κ2) is 6.56. The molecule has 118 valence electrons. The Labute approximate surface area is 143 Å². The number of fused-ring (bicyclic) bond motifs is 1. The zero-order valence-electron chi connectivity index (χ0n) is 12.8. The van der Waals surface area contributed by atoms with Crippen molar-refractivity contribution in [2.24, 2.45) is 0 Å². The summed E-state index contributed by atoms with van der Waals surface area (Å²) in [5, 5.41) is 6.88. The SMILES string of the molecule is Cc1ccc2sc(NC(=O)NCc3ccc(Cl)cc3)nc2c1C.